The summed E-state index contributed by atoms with van der Waals surface area (Å²) in [5.41, 5.74) is -0.0108. The van der Waals surface area contributed by atoms with Crippen LogP contribution in [0, 0.1) is 10.1 Å². The minimum absolute atomic E-state index is 0.00515. The molecule has 0 unspecified atom stereocenters. The third kappa shape index (κ3) is 2.73. The van der Waals surface area contributed by atoms with Crippen LogP contribution in [0.4, 0.5) is 10.5 Å². The van der Waals surface area contributed by atoms with Crippen LogP contribution >= 0.6 is 0 Å². The van der Waals surface area contributed by atoms with E-state index in [0.29, 0.717) is 10.9 Å². The molecule has 2 aromatic rings. The normalized spacial score (nSPS) is 11.5. The fraction of sp³-hybridized carbons (Fsp3) is 0.308. The topological polar surface area (TPSA) is 74.4 Å². The van der Waals surface area contributed by atoms with E-state index in [9.17, 15) is 14.9 Å². The highest BCUT2D eigenvalue weighted by molar-refractivity contribution is 5.90. The Bertz CT molecular complexity index is 652. The van der Waals surface area contributed by atoms with Crippen LogP contribution in [0.5, 0.6) is 0 Å². The maximum atomic E-state index is 12.0. The van der Waals surface area contributed by atoms with E-state index in [4.69, 9.17) is 4.74 Å². The minimum atomic E-state index is -0.589. The van der Waals surface area contributed by atoms with Crippen LogP contribution in [-0.4, -0.2) is 21.2 Å². The maximum absolute atomic E-state index is 12.0. The lowest BCUT2D eigenvalue weighted by Gasteiger charge is -2.19. The van der Waals surface area contributed by atoms with Gasteiger partial charge in [-0.2, -0.15) is 0 Å². The van der Waals surface area contributed by atoms with E-state index in [1.807, 2.05) is 0 Å². The molecule has 1 heterocycles. The average molecular weight is 262 g/mol. The number of ether oxygens (including phenoxy) is 1. The Hall–Kier alpha value is -2.37. The van der Waals surface area contributed by atoms with Crippen LogP contribution in [0.2, 0.25) is 0 Å². The molecule has 0 saturated heterocycles. The molecule has 0 aliphatic heterocycles. The molecule has 19 heavy (non-hydrogen) atoms. The van der Waals surface area contributed by atoms with E-state index in [0.717, 1.165) is 0 Å². The Kier molecular flexibility index (Phi) is 3.01. The van der Waals surface area contributed by atoms with Crippen molar-refractivity contribution in [2.75, 3.05) is 0 Å². The van der Waals surface area contributed by atoms with Crippen molar-refractivity contribution in [1.29, 1.82) is 0 Å². The number of non-ortho nitro benzene ring substituents is 1. The Morgan fingerprint density at radius 3 is 2.58 bits per heavy atom. The molecule has 0 amide bonds. The summed E-state index contributed by atoms with van der Waals surface area (Å²) in [5, 5.41) is 11.3. The molecule has 0 aliphatic rings. The second-order valence-corrected chi connectivity index (χ2v) is 5.17. The molecule has 2 rings (SSSR count). The molecule has 1 aromatic heterocycles. The number of carbonyl (C=O) groups is 1. The van der Waals surface area contributed by atoms with Gasteiger partial charge in [-0.3, -0.25) is 14.7 Å². The Labute approximate surface area is 109 Å². The summed E-state index contributed by atoms with van der Waals surface area (Å²) in [6, 6.07) is 5.98. The van der Waals surface area contributed by atoms with Crippen molar-refractivity contribution in [2.24, 2.45) is 0 Å². The van der Waals surface area contributed by atoms with Gasteiger partial charge in [0, 0.05) is 23.7 Å². The molecule has 0 saturated carbocycles. The van der Waals surface area contributed by atoms with Crippen molar-refractivity contribution in [3.05, 3.63) is 40.6 Å². The molecule has 100 valence electrons. The molecule has 0 fully saturated rings. The fourth-order valence-corrected chi connectivity index (χ4v) is 1.71. The highest BCUT2D eigenvalue weighted by atomic mass is 16.6. The van der Waals surface area contributed by atoms with Gasteiger partial charge in [-0.05, 0) is 32.9 Å². The molecule has 0 spiro atoms. The number of aromatic nitrogens is 1. The summed E-state index contributed by atoms with van der Waals surface area (Å²) in [6.07, 6.45) is 1.04. The van der Waals surface area contributed by atoms with Gasteiger partial charge in [0.15, 0.2) is 0 Å². The lowest BCUT2D eigenvalue weighted by molar-refractivity contribution is -0.384. The monoisotopic (exact) mass is 262 g/mol. The first kappa shape index (κ1) is 13.1. The highest BCUT2D eigenvalue weighted by Gasteiger charge is 2.19. The van der Waals surface area contributed by atoms with Gasteiger partial charge in [-0.15, -0.1) is 0 Å². The van der Waals surface area contributed by atoms with Crippen molar-refractivity contribution in [3.63, 3.8) is 0 Å². The van der Waals surface area contributed by atoms with Crippen LogP contribution in [0.1, 0.15) is 20.8 Å². The van der Waals surface area contributed by atoms with Crippen molar-refractivity contribution in [1.82, 2.24) is 4.57 Å². The van der Waals surface area contributed by atoms with Gasteiger partial charge in [-0.25, -0.2) is 4.79 Å². The zero-order chi connectivity index (χ0) is 14.2. The number of nitro groups is 1. The predicted molar refractivity (Wildman–Crippen MR) is 70.2 cm³/mol. The van der Waals surface area contributed by atoms with Crippen LogP contribution in [0.25, 0.3) is 10.9 Å². The standard InChI is InChI=1S/C13H14N2O4/c1-13(2,3)19-12(16)14-7-6-9-8-10(15(17)18)4-5-11(9)14/h4-8H,1-3H3. The highest BCUT2D eigenvalue weighted by Crippen LogP contribution is 2.22. The van der Waals surface area contributed by atoms with E-state index >= 15 is 0 Å². The van der Waals surface area contributed by atoms with E-state index in [1.54, 1.807) is 33.0 Å². The van der Waals surface area contributed by atoms with Crippen LogP contribution in [-0.2, 0) is 4.74 Å². The molecule has 6 nitrogen and oxygen atoms in total. The average Bonchev–Trinajstić information content (AvgIpc) is 2.68. The van der Waals surface area contributed by atoms with Crippen molar-refractivity contribution < 1.29 is 14.5 Å². The van der Waals surface area contributed by atoms with Crippen LogP contribution in [0.15, 0.2) is 30.5 Å². The number of rotatable bonds is 1. The van der Waals surface area contributed by atoms with Crippen molar-refractivity contribution in [3.8, 4) is 0 Å². The second kappa shape index (κ2) is 4.38. The second-order valence-electron chi connectivity index (χ2n) is 5.17. The van der Waals surface area contributed by atoms with Crippen LogP contribution in [0.3, 0.4) is 0 Å². The SMILES string of the molecule is CC(C)(C)OC(=O)n1ccc2cc([N+](=O)[O-])ccc21. The summed E-state index contributed by atoms with van der Waals surface area (Å²) in [4.78, 5) is 22.2. The largest absolute Gasteiger partial charge is 0.443 e. The Morgan fingerprint density at radius 2 is 2.00 bits per heavy atom. The lowest BCUT2D eigenvalue weighted by Crippen LogP contribution is -2.26. The van der Waals surface area contributed by atoms with Gasteiger partial charge >= 0.3 is 6.09 Å². The first-order chi connectivity index (χ1) is 8.78. The third-order valence-corrected chi connectivity index (χ3v) is 2.47. The summed E-state index contributed by atoms with van der Waals surface area (Å²) in [6.45, 7) is 5.34. The number of benzene rings is 1. The van der Waals surface area contributed by atoms with Gasteiger partial charge in [0.05, 0.1) is 10.4 Å². The number of nitrogens with zero attached hydrogens (tertiary/aromatic N) is 2. The van der Waals surface area contributed by atoms with E-state index in [1.165, 1.54) is 22.8 Å². The molecule has 0 aliphatic carbocycles. The number of hydrogen-bond acceptors (Lipinski definition) is 4. The van der Waals surface area contributed by atoms with Crippen LogP contribution < -0.4 is 0 Å². The van der Waals surface area contributed by atoms with E-state index < -0.39 is 16.6 Å². The molecule has 0 N–H and O–H groups in total. The molecular weight excluding hydrogens is 248 g/mol. The quantitative estimate of drug-likeness (QED) is 0.583. The smallest absolute Gasteiger partial charge is 0.418 e. The number of fused-ring (bicyclic) bond motifs is 1. The van der Waals surface area contributed by atoms with Gasteiger partial charge < -0.3 is 4.74 Å². The molecule has 0 bridgehead atoms. The van der Waals surface area contributed by atoms with Gasteiger partial charge in [-0.1, -0.05) is 0 Å². The number of hydrogen-bond donors (Lipinski definition) is 0. The number of nitro benzene ring substituents is 1. The van der Waals surface area contributed by atoms with Gasteiger partial charge in [0.25, 0.3) is 5.69 Å². The molecule has 0 atom stereocenters. The first-order valence-corrected chi connectivity index (χ1v) is 5.77. The molecule has 6 heteroatoms. The van der Waals surface area contributed by atoms with Gasteiger partial charge in [0.1, 0.15) is 5.60 Å². The molecular formula is C13H14N2O4. The van der Waals surface area contributed by atoms with Crippen molar-refractivity contribution in [2.45, 2.75) is 26.4 Å². The predicted octanol–water partition coefficient (Wildman–Crippen LogP) is 3.33. The Balaban J connectivity index is 2.41. The lowest BCUT2D eigenvalue weighted by atomic mass is 10.2. The zero-order valence-electron chi connectivity index (χ0n) is 10.9. The summed E-state index contributed by atoms with van der Waals surface area (Å²) in [7, 11) is 0. The third-order valence-electron chi connectivity index (χ3n) is 2.47. The van der Waals surface area contributed by atoms with E-state index in [2.05, 4.69) is 0 Å². The van der Waals surface area contributed by atoms with Gasteiger partial charge in [0.2, 0.25) is 0 Å². The maximum Gasteiger partial charge on any atom is 0.418 e. The van der Waals surface area contributed by atoms with Crippen molar-refractivity contribution >= 4 is 22.7 Å². The first-order valence-electron chi connectivity index (χ1n) is 5.77. The minimum Gasteiger partial charge on any atom is -0.443 e. The fourth-order valence-electron chi connectivity index (χ4n) is 1.71. The zero-order valence-corrected chi connectivity index (χ0v) is 10.9. The summed E-state index contributed by atoms with van der Waals surface area (Å²) >= 11 is 0. The molecule has 0 radical (unpaired) electrons. The summed E-state index contributed by atoms with van der Waals surface area (Å²) in [5.74, 6) is 0. The number of carbonyl (C=O) groups excluding carboxylic acids is 1. The van der Waals surface area contributed by atoms with E-state index in [-0.39, 0.29) is 5.69 Å². The summed E-state index contributed by atoms with van der Waals surface area (Å²) < 4.78 is 6.60. The Morgan fingerprint density at radius 1 is 1.32 bits per heavy atom. The molecule has 1 aromatic carbocycles.